The van der Waals surface area contributed by atoms with E-state index in [1.54, 1.807) is 30.3 Å². The summed E-state index contributed by atoms with van der Waals surface area (Å²) in [5.74, 6) is -0.325. The first-order valence-corrected chi connectivity index (χ1v) is 8.34. The highest BCUT2D eigenvalue weighted by Crippen LogP contribution is 2.30. The Kier molecular flexibility index (Phi) is 5.03. The van der Waals surface area contributed by atoms with Crippen molar-refractivity contribution in [3.63, 3.8) is 0 Å². The number of rotatable bonds is 3. The van der Waals surface area contributed by atoms with Crippen LogP contribution in [0.4, 0.5) is 0 Å². The first kappa shape index (κ1) is 17.4. The number of benzene rings is 2. The Labute approximate surface area is 159 Å². The molecule has 0 aliphatic heterocycles. The van der Waals surface area contributed by atoms with E-state index in [1.807, 2.05) is 18.2 Å². The molecule has 1 aromatic heterocycles. The largest absolute Gasteiger partial charge is 0.375 e. The van der Waals surface area contributed by atoms with E-state index < -0.39 is 0 Å². The minimum absolute atomic E-state index is 0.0308. The lowest BCUT2D eigenvalue weighted by atomic mass is 10.2. The predicted molar refractivity (Wildman–Crippen MR) is 106 cm³/mol. The Morgan fingerprint density at radius 2 is 1.84 bits per heavy atom. The summed E-state index contributed by atoms with van der Waals surface area (Å²) in [6, 6.07) is 14.1. The van der Waals surface area contributed by atoms with Gasteiger partial charge in [-0.25, -0.2) is 0 Å². The average Bonchev–Trinajstić information content (AvgIpc) is 2.87. The van der Waals surface area contributed by atoms with E-state index >= 15 is 0 Å². The lowest BCUT2D eigenvalue weighted by Gasteiger charge is -2.07. The number of nitrogens with one attached hydrogen (secondary N) is 1. The fraction of sp³-hybridized carbons (Fsp3) is 0. The van der Waals surface area contributed by atoms with Gasteiger partial charge in [-0.05, 0) is 30.4 Å². The molecule has 0 spiro atoms. The number of hydrogen-bond donors (Lipinski definition) is 2. The van der Waals surface area contributed by atoms with Crippen LogP contribution in [0.15, 0.2) is 53.6 Å². The zero-order valence-electron chi connectivity index (χ0n) is 12.7. The lowest BCUT2D eigenvalue weighted by molar-refractivity contribution is 0.0965. The summed E-state index contributed by atoms with van der Waals surface area (Å²) in [6.45, 7) is 0. The van der Waals surface area contributed by atoms with Crippen molar-refractivity contribution in [2.45, 2.75) is 0 Å². The first-order valence-electron chi connectivity index (χ1n) is 7.17. The molecule has 0 aliphatic carbocycles. The van der Waals surface area contributed by atoms with Crippen LogP contribution >= 0.6 is 35.4 Å². The number of fused-ring (bicyclic) bond motifs is 1. The Hall–Kier alpha value is -2.41. The van der Waals surface area contributed by atoms with Gasteiger partial charge in [-0.2, -0.15) is 5.10 Å². The molecular formula is C17H12Cl2N4OS. The molecule has 0 saturated heterocycles. The third-order valence-corrected chi connectivity index (χ3v) is 4.32. The summed E-state index contributed by atoms with van der Waals surface area (Å²) in [6.07, 6.45) is 1.47. The lowest BCUT2D eigenvalue weighted by Crippen LogP contribution is -2.24. The summed E-state index contributed by atoms with van der Waals surface area (Å²) < 4.78 is 1.40. The van der Waals surface area contributed by atoms with Gasteiger partial charge in [0.1, 0.15) is 5.15 Å². The van der Waals surface area contributed by atoms with Crippen molar-refractivity contribution < 1.29 is 4.79 Å². The molecule has 0 amide bonds. The van der Waals surface area contributed by atoms with Crippen LogP contribution < -0.4 is 11.2 Å². The van der Waals surface area contributed by atoms with Crippen molar-refractivity contribution in [1.82, 2.24) is 9.99 Å². The van der Waals surface area contributed by atoms with E-state index in [0.717, 1.165) is 5.39 Å². The van der Waals surface area contributed by atoms with Crippen molar-refractivity contribution in [1.29, 1.82) is 0 Å². The number of hydrogen-bond acceptors (Lipinski definition) is 3. The number of carbonyl (C=O) groups excluding carboxylic acids is 1. The highest BCUT2D eigenvalue weighted by Gasteiger charge is 2.21. The fourth-order valence-electron chi connectivity index (χ4n) is 2.47. The Balaban J connectivity index is 2.18. The van der Waals surface area contributed by atoms with Crippen LogP contribution in [-0.4, -0.2) is 21.8 Å². The Bertz CT molecular complexity index is 1010. The highest BCUT2D eigenvalue weighted by atomic mass is 35.5. The molecule has 3 aromatic rings. The van der Waals surface area contributed by atoms with Crippen LogP contribution in [0.5, 0.6) is 0 Å². The minimum Gasteiger partial charge on any atom is -0.375 e. The van der Waals surface area contributed by atoms with Crippen LogP contribution in [-0.2, 0) is 0 Å². The zero-order valence-corrected chi connectivity index (χ0v) is 15.1. The predicted octanol–water partition coefficient (Wildman–Crippen LogP) is 3.80. The third kappa shape index (κ3) is 3.37. The van der Waals surface area contributed by atoms with Crippen molar-refractivity contribution in [2.24, 2.45) is 10.8 Å². The maximum atomic E-state index is 13.0. The molecule has 8 heteroatoms. The van der Waals surface area contributed by atoms with Gasteiger partial charge in [0.2, 0.25) is 0 Å². The van der Waals surface area contributed by atoms with Crippen molar-refractivity contribution in [3.05, 3.63) is 69.8 Å². The van der Waals surface area contributed by atoms with E-state index in [1.165, 1.54) is 10.8 Å². The monoisotopic (exact) mass is 390 g/mol. The number of halogens is 2. The molecule has 0 radical (unpaired) electrons. The normalized spacial score (nSPS) is 11.1. The number of carbonyl (C=O) groups is 1. The van der Waals surface area contributed by atoms with Crippen LogP contribution in [0.3, 0.4) is 0 Å². The molecule has 2 aromatic carbocycles. The quantitative estimate of drug-likeness (QED) is 0.405. The smallest absolute Gasteiger partial charge is 0.265 e. The second kappa shape index (κ2) is 7.23. The summed E-state index contributed by atoms with van der Waals surface area (Å²) in [7, 11) is 0. The molecule has 3 N–H and O–H groups in total. The third-order valence-electron chi connectivity index (χ3n) is 3.53. The maximum absolute atomic E-state index is 13.0. The van der Waals surface area contributed by atoms with E-state index in [9.17, 15) is 4.79 Å². The number of nitrogens with zero attached hydrogens (tertiary/aromatic N) is 2. The van der Waals surface area contributed by atoms with Gasteiger partial charge in [0, 0.05) is 10.9 Å². The van der Waals surface area contributed by atoms with Gasteiger partial charge in [-0.1, -0.05) is 53.5 Å². The SMILES string of the molecule is NC(=S)NN=Cc1c(Cl)n(C(=O)c2ccccc2Cl)c2ccccc12. The van der Waals surface area contributed by atoms with Gasteiger partial charge in [0.25, 0.3) is 5.91 Å². The number of nitrogens with two attached hydrogens (primary N) is 1. The van der Waals surface area contributed by atoms with E-state index in [0.29, 0.717) is 21.7 Å². The fourth-order valence-corrected chi connectivity index (χ4v) is 3.06. The number of aromatic nitrogens is 1. The molecule has 126 valence electrons. The maximum Gasteiger partial charge on any atom is 0.265 e. The van der Waals surface area contributed by atoms with E-state index in [-0.39, 0.29) is 16.2 Å². The topological polar surface area (TPSA) is 72.4 Å². The summed E-state index contributed by atoms with van der Waals surface area (Å²) in [5.41, 5.74) is 9.40. The molecule has 3 rings (SSSR count). The van der Waals surface area contributed by atoms with Crippen molar-refractivity contribution >= 4 is 63.6 Å². The van der Waals surface area contributed by atoms with Gasteiger partial charge in [-0.3, -0.25) is 14.8 Å². The summed E-state index contributed by atoms with van der Waals surface area (Å²) in [5, 5.41) is 5.31. The summed E-state index contributed by atoms with van der Waals surface area (Å²) >= 11 is 17.3. The van der Waals surface area contributed by atoms with Crippen LogP contribution in [0.2, 0.25) is 10.2 Å². The van der Waals surface area contributed by atoms with Gasteiger partial charge in [-0.15, -0.1) is 0 Å². The molecule has 0 fully saturated rings. The molecule has 0 atom stereocenters. The van der Waals surface area contributed by atoms with Crippen LogP contribution in [0, 0.1) is 0 Å². The second-order valence-electron chi connectivity index (χ2n) is 5.08. The van der Waals surface area contributed by atoms with E-state index in [4.69, 9.17) is 41.2 Å². The number of hydrazone groups is 1. The molecular weight excluding hydrogens is 379 g/mol. The highest BCUT2D eigenvalue weighted by molar-refractivity contribution is 7.80. The van der Waals surface area contributed by atoms with Gasteiger partial charge in [0.05, 0.1) is 22.3 Å². The summed E-state index contributed by atoms with van der Waals surface area (Å²) in [4.78, 5) is 13.0. The van der Waals surface area contributed by atoms with Gasteiger partial charge in [0.15, 0.2) is 5.11 Å². The van der Waals surface area contributed by atoms with Crippen molar-refractivity contribution in [3.8, 4) is 0 Å². The molecule has 1 heterocycles. The number of thiocarbonyl (C=S) groups is 1. The molecule has 25 heavy (non-hydrogen) atoms. The Morgan fingerprint density at radius 1 is 1.16 bits per heavy atom. The number of para-hydroxylation sites is 1. The molecule has 0 bridgehead atoms. The van der Waals surface area contributed by atoms with Crippen molar-refractivity contribution in [2.75, 3.05) is 0 Å². The molecule has 0 saturated carbocycles. The average molecular weight is 391 g/mol. The van der Waals surface area contributed by atoms with Crippen LogP contribution in [0.25, 0.3) is 10.9 Å². The minimum atomic E-state index is -0.325. The molecule has 0 aliphatic rings. The van der Waals surface area contributed by atoms with Crippen LogP contribution in [0.1, 0.15) is 15.9 Å². The zero-order chi connectivity index (χ0) is 18.0. The van der Waals surface area contributed by atoms with E-state index in [2.05, 4.69) is 10.5 Å². The molecule has 5 nitrogen and oxygen atoms in total. The Morgan fingerprint density at radius 3 is 2.56 bits per heavy atom. The van der Waals surface area contributed by atoms with Gasteiger partial charge >= 0.3 is 0 Å². The molecule has 0 unspecified atom stereocenters. The van der Waals surface area contributed by atoms with Gasteiger partial charge < -0.3 is 5.73 Å². The first-order chi connectivity index (χ1) is 12.0. The standard InChI is InChI=1S/C17H12Cl2N4OS/c18-13-7-3-1-6-11(13)16(24)23-14-8-4-2-5-10(14)12(15(23)19)9-21-22-17(20)25/h1-9H,(H3,20,22,25). The second-order valence-corrected chi connectivity index (χ2v) is 6.28.